The van der Waals surface area contributed by atoms with Gasteiger partial charge in [-0.2, -0.15) is 26.3 Å². The number of alkyl halides is 6. The van der Waals surface area contributed by atoms with E-state index in [2.05, 4.69) is 15.4 Å². The van der Waals surface area contributed by atoms with E-state index in [0.717, 1.165) is 0 Å². The number of hydrogen-bond acceptors (Lipinski definition) is 4. The second-order valence-electron chi connectivity index (χ2n) is 6.63. The highest BCUT2D eigenvalue weighted by Crippen LogP contribution is 2.47. The molecule has 0 aromatic heterocycles. The Bertz CT molecular complexity index is 490. The number of hydrogen-bond donors (Lipinski definition) is 3. The van der Waals surface area contributed by atoms with Gasteiger partial charge in [-0.25, -0.2) is 0 Å². The van der Waals surface area contributed by atoms with Crippen molar-refractivity contribution in [2.75, 3.05) is 26.8 Å². The molecule has 0 aromatic carbocycles. The first kappa shape index (κ1) is 23.5. The maximum absolute atomic E-state index is 12.9. The van der Waals surface area contributed by atoms with Gasteiger partial charge in [0.1, 0.15) is 6.04 Å². The van der Waals surface area contributed by atoms with Gasteiger partial charge in [0, 0.05) is 13.7 Å². The maximum Gasteiger partial charge on any atom is 0.391 e. The van der Waals surface area contributed by atoms with Crippen molar-refractivity contribution >= 4 is 11.8 Å². The van der Waals surface area contributed by atoms with Crippen LogP contribution in [0.2, 0.25) is 0 Å². The fourth-order valence-corrected chi connectivity index (χ4v) is 3.01. The van der Waals surface area contributed by atoms with E-state index in [1.54, 1.807) is 0 Å². The van der Waals surface area contributed by atoms with Crippen LogP contribution < -0.4 is 16.4 Å². The molecule has 2 unspecified atom stereocenters. The van der Waals surface area contributed by atoms with Crippen LogP contribution in [0.15, 0.2) is 0 Å². The molecule has 0 saturated heterocycles. The highest BCUT2D eigenvalue weighted by molar-refractivity contribution is 5.87. The highest BCUT2D eigenvalue weighted by Gasteiger charge is 2.51. The van der Waals surface area contributed by atoms with Crippen molar-refractivity contribution in [3.63, 3.8) is 0 Å². The molecule has 1 aliphatic carbocycles. The summed E-state index contributed by atoms with van der Waals surface area (Å²) in [6, 6.07) is -0.999. The van der Waals surface area contributed by atoms with Crippen molar-refractivity contribution in [1.82, 2.24) is 10.6 Å². The number of halogens is 6. The number of nitrogens with one attached hydrogen (secondary N) is 2. The fourth-order valence-electron chi connectivity index (χ4n) is 3.01. The summed E-state index contributed by atoms with van der Waals surface area (Å²) < 4.78 is 82.1. The van der Waals surface area contributed by atoms with Crippen LogP contribution in [0.5, 0.6) is 0 Å². The zero-order valence-corrected chi connectivity index (χ0v) is 14.6. The fraction of sp³-hybridized carbons (Fsp3) is 0.867. The van der Waals surface area contributed by atoms with Gasteiger partial charge in [0.15, 0.2) is 0 Å². The van der Waals surface area contributed by atoms with Crippen molar-refractivity contribution in [2.45, 2.75) is 37.7 Å². The monoisotopic (exact) mass is 407 g/mol. The zero-order valence-electron chi connectivity index (χ0n) is 14.6. The van der Waals surface area contributed by atoms with Gasteiger partial charge in [-0.15, -0.1) is 0 Å². The van der Waals surface area contributed by atoms with Crippen molar-refractivity contribution < 1.29 is 40.7 Å². The molecular formula is C15H23F6N3O3. The van der Waals surface area contributed by atoms with E-state index in [1.165, 1.54) is 7.11 Å². The third kappa shape index (κ3) is 7.91. The van der Waals surface area contributed by atoms with E-state index in [4.69, 9.17) is 5.73 Å². The molecule has 0 bridgehead atoms. The summed E-state index contributed by atoms with van der Waals surface area (Å²) in [7, 11) is 1.33. The van der Waals surface area contributed by atoms with Gasteiger partial charge < -0.3 is 21.1 Å². The minimum absolute atomic E-state index is 0.0762. The number of rotatable bonds is 7. The standard InChI is InChI=1S/C15H23F6N3O3/c1-27-7-11(22)13(26)24-6-12(25)23-5-8-2-9(14(16,17)18)4-10(3-8)15(19,20)21/h8-11H,2-7,22H2,1H3,(H,23,25)(H,24,26)/t8?,9?,10?,11-/m1/s1. The molecular weight excluding hydrogens is 384 g/mol. The van der Waals surface area contributed by atoms with Crippen molar-refractivity contribution in [1.29, 1.82) is 0 Å². The van der Waals surface area contributed by atoms with E-state index >= 15 is 0 Å². The number of carbonyl (C=O) groups is 2. The van der Waals surface area contributed by atoms with Gasteiger partial charge in [-0.1, -0.05) is 0 Å². The van der Waals surface area contributed by atoms with Crippen molar-refractivity contribution in [3.8, 4) is 0 Å². The Morgan fingerprint density at radius 2 is 1.56 bits per heavy atom. The molecule has 0 aliphatic heterocycles. The van der Waals surface area contributed by atoms with Crippen LogP contribution in [0.1, 0.15) is 19.3 Å². The lowest BCUT2D eigenvalue weighted by Gasteiger charge is -2.36. The van der Waals surface area contributed by atoms with Crippen LogP contribution in [-0.4, -0.2) is 57.0 Å². The Labute approximate surface area is 152 Å². The predicted molar refractivity (Wildman–Crippen MR) is 82.3 cm³/mol. The van der Waals surface area contributed by atoms with Crippen LogP contribution in [0, 0.1) is 17.8 Å². The Kier molecular flexibility index (Phi) is 8.33. The van der Waals surface area contributed by atoms with Gasteiger partial charge in [-0.3, -0.25) is 9.59 Å². The van der Waals surface area contributed by atoms with Gasteiger partial charge >= 0.3 is 12.4 Å². The van der Waals surface area contributed by atoms with Gasteiger partial charge in [0.05, 0.1) is 25.0 Å². The lowest BCUT2D eigenvalue weighted by molar-refractivity contribution is -0.228. The highest BCUT2D eigenvalue weighted by atomic mass is 19.4. The largest absolute Gasteiger partial charge is 0.391 e. The van der Waals surface area contributed by atoms with Gasteiger partial charge in [-0.05, 0) is 25.2 Å². The first-order chi connectivity index (χ1) is 12.3. The number of ether oxygens (including phenoxy) is 1. The van der Waals surface area contributed by atoms with Crippen LogP contribution in [0.3, 0.4) is 0 Å². The zero-order chi connectivity index (χ0) is 20.8. The Morgan fingerprint density at radius 3 is 2.00 bits per heavy atom. The average Bonchev–Trinajstić information content (AvgIpc) is 2.56. The van der Waals surface area contributed by atoms with E-state index < -0.39 is 73.8 Å². The molecule has 158 valence electrons. The predicted octanol–water partition coefficient (Wildman–Crippen LogP) is 1.35. The van der Waals surface area contributed by atoms with Gasteiger partial charge in [0.2, 0.25) is 11.8 Å². The molecule has 0 heterocycles. The summed E-state index contributed by atoms with van der Waals surface area (Å²) in [5, 5.41) is 4.47. The van der Waals surface area contributed by atoms with Crippen LogP contribution in [0.4, 0.5) is 26.3 Å². The molecule has 12 heteroatoms. The molecule has 0 aromatic rings. The Hall–Kier alpha value is -1.56. The molecule has 1 aliphatic rings. The summed E-state index contributed by atoms with van der Waals surface area (Å²) in [5.74, 6) is -6.49. The minimum atomic E-state index is -4.72. The minimum Gasteiger partial charge on any atom is -0.383 e. The first-order valence-electron chi connectivity index (χ1n) is 8.27. The molecule has 4 N–H and O–H groups in total. The Balaban J connectivity index is 2.53. The van der Waals surface area contributed by atoms with Gasteiger partial charge in [0.25, 0.3) is 0 Å². The van der Waals surface area contributed by atoms with E-state index in [0.29, 0.717) is 0 Å². The lowest BCUT2D eigenvalue weighted by atomic mass is 9.74. The summed E-state index contributed by atoms with van der Waals surface area (Å²) in [6.45, 7) is -0.903. The number of carbonyl (C=O) groups excluding carboxylic acids is 2. The molecule has 27 heavy (non-hydrogen) atoms. The summed E-state index contributed by atoms with van der Waals surface area (Å²) in [4.78, 5) is 23.2. The van der Waals surface area contributed by atoms with Crippen LogP contribution in [0.25, 0.3) is 0 Å². The van der Waals surface area contributed by atoms with Crippen LogP contribution >= 0.6 is 0 Å². The molecule has 6 nitrogen and oxygen atoms in total. The average molecular weight is 407 g/mol. The second kappa shape index (κ2) is 9.58. The normalized spacial score (nSPS) is 25.0. The van der Waals surface area contributed by atoms with E-state index in [-0.39, 0.29) is 13.2 Å². The first-order valence-corrected chi connectivity index (χ1v) is 8.27. The number of nitrogens with two attached hydrogens (primary N) is 1. The van der Waals surface area contributed by atoms with Crippen molar-refractivity contribution in [2.24, 2.45) is 23.5 Å². The number of methoxy groups -OCH3 is 1. The third-order valence-electron chi connectivity index (χ3n) is 4.42. The molecule has 1 fully saturated rings. The number of amides is 2. The van der Waals surface area contributed by atoms with Crippen LogP contribution in [-0.2, 0) is 14.3 Å². The van der Waals surface area contributed by atoms with E-state index in [1.807, 2.05) is 0 Å². The topological polar surface area (TPSA) is 93.4 Å². The molecule has 0 spiro atoms. The molecule has 0 radical (unpaired) electrons. The molecule has 1 saturated carbocycles. The second-order valence-corrected chi connectivity index (χ2v) is 6.63. The SMILES string of the molecule is COC[C@@H](N)C(=O)NCC(=O)NCC1CC(C(F)(F)F)CC(C(F)(F)F)C1. The smallest absolute Gasteiger partial charge is 0.383 e. The quantitative estimate of drug-likeness (QED) is 0.556. The Morgan fingerprint density at radius 1 is 1.04 bits per heavy atom. The molecule has 1 rings (SSSR count). The summed E-state index contributed by atoms with van der Waals surface area (Å²) in [5.41, 5.74) is 5.44. The van der Waals surface area contributed by atoms with Crippen molar-refractivity contribution in [3.05, 3.63) is 0 Å². The van der Waals surface area contributed by atoms with E-state index in [9.17, 15) is 35.9 Å². The third-order valence-corrected chi connectivity index (χ3v) is 4.42. The molecule has 3 atom stereocenters. The summed E-state index contributed by atoms with van der Waals surface area (Å²) in [6.07, 6.45) is -11.4. The maximum atomic E-state index is 12.9. The lowest BCUT2D eigenvalue weighted by Crippen LogP contribution is -2.47. The molecule has 2 amide bonds. The summed E-state index contributed by atoms with van der Waals surface area (Å²) >= 11 is 0.